The number of aromatic nitrogens is 2. The van der Waals surface area contributed by atoms with Gasteiger partial charge in [-0.1, -0.05) is 24.3 Å². The second-order valence-corrected chi connectivity index (χ2v) is 6.10. The van der Waals surface area contributed by atoms with Crippen LogP contribution in [-0.2, 0) is 6.54 Å². The van der Waals surface area contributed by atoms with Crippen molar-refractivity contribution in [1.82, 2.24) is 9.55 Å². The maximum absolute atomic E-state index is 14.0. The largest absolute Gasteiger partial charge is 0.316 e. The van der Waals surface area contributed by atoms with Gasteiger partial charge in [0.1, 0.15) is 5.82 Å². The lowest BCUT2D eigenvalue weighted by molar-refractivity contribution is 0.0977. The summed E-state index contributed by atoms with van der Waals surface area (Å²) in [5.41, 5.74) is 2.08. The molecule has 0 bridgehead atoms. The quantitative estimate of drug-likeness (QED) is 0.712. The molecule has 2 heterocycles. The van der Waals surface area contributed by atoms with E-state index in [9.17, 15) is 9.18 Å². The van der Waals surface area contributed by atoms with Crippen molar-refractivity contribution in [2.75, 3.05) is 11.4 Å². The van der Waals surface area contributed by atoms with Gasteiger partial charge < -0.3 is 4.57 Å². The van der Waals surface area contributed by atoms with Gasteiger partial charge in [-0.15, -0.1) is 0 Å². The molecule has 0 aliphatic carbocycles. The Bertz CT molecular complexity index is 1030. The molecule has 4 rings (SSSR count). The SMILES string of the molecule is N#Cc1cccc(-c2cn3c(n2)N(C(=O)c2ccccc2F)CCC3)c1. The molecule has 26 heavy (non-hydrogen) atoms. The fourth-order valence-electron chi connectivity index (χ4n) is 3.14. The number of imidazole rings is 1. The predicted octanol–water partition coefficient (Wildman–Crippen LogP) is 3.61. The molecule has 0 saturated carbocycles. The van der Waals surface area contributed by atoms with Crippen LogP contribution in [0.15, 0.2) is 54.7 Å². The first-order valence-electron chi connectivity index (χ1n) is 8.31. The number of nitriles is 1. The summed E-state index contributed by atoms with van der Waals surface area (Å²) in [6, 6.07) is 15.2. The summed E-state index contributed by atoms with van der Waals surface area (Å²) in [5, 5.41) is 9.07. The number of rotatable bonds is 2. The zero-order valence-corrected chi connectivity index (χ0v) is 13.9. The Morgan fingerprint density at radius 3 is 2.81 bits per heavy atom. The predicted molar refractivity (Wildman–Crippen MR) is 95.1 cm³/mol. The fourth-order valence-corrected chi connectivity index (χ4v) is 3.14. The van der Waals surface area contributed by atoms with Gasteiger partial charge in [-0.2, -0.15) is 5.26 Å². The highest BCUT2D eigenvalue weighted by Crippen LogP contribution is 2.28. The Kier molecular flexibility index (Phi) is 3.98. The van der Waals surface area contributed by atoms with Crippen molar-refractivity contribution in [1.29, 1.82) is 5.26 Å². The number of aryl methyl sites for hydroxylation is 1. The second kappa shape index (κ2) is 6.45. The zero-order chi connectivity index (χ0) is 18.1. The van der Waals surface area contributed by atoms with Crippen LogP contribution >= 0.6 is 0 Å². The standard InChI is InChI=1S/C20H15FN4O/c21-17-8-2-1-7-16(17)19(26)25-10-4-9-24-13-18(23-20(24)25)15-6-3-5-14(11-15)12-22/h1-3,5-8,11,13H,4,9-10H2. The van der Waals surface area contributed by atoms with Crippen LogP contribution in [0.1, 0.15) is 22.3 Å². The molecule has 0 saturated heterocycles. The van der Waals surface area contributed by atoms with Crippen LogP contribution in [0.25, 0.3) is 11.3 Å². The van der Waals surface area contributed by atoms with Gasteiger partial charge in [-0.3, -0.25) is 9.69 Å². The van der Waals surface area contributed by atoms with E-state index in [4.69, 9.17) is 5.26 Å². The van der Waals surface area contributed by atoms with Crippen molar-refractivity contribution in [2.45, 2.75) is 13.0 Å². The Hall–Kier alpha value is -3.46. The molecular formula is C20H15FN4O. The first kappa shape index (κ1) is 16.0. The summed E-state index contributed by atoms with van der Waals surface area (Å²) in [6.45, 7) is 1.23. The highest BCUT2D eigenvalue weighted by Gasteiger charge is 2.27. The molecule has 0 fully saturated rings. The monoisotopic (exact) mass is 346 g/mol. The third-order valence-electron chi connectivity index (χ3n) is 4.41. The van der Waals surface area contributed by atoms with Crippen LogP contribution in [0, 0.1) is 17.1 Å². The van der Waals surface area contributed by atoms with E-state index in [0.29, 0.717) is 23.8 Å². The topological polar surface area (TPSA) is 61.9 Å². The second-order valence-electron chi connectivity index (χ2n) is 6.10. The maximum atomic E-state index is 14.0. The lowest BCUT2D eigenvalue weighted by atomic mass is 10.1. The van der Waals surface area contributed by atoms with E-state index in [1.807, 2.05) is 16.8 Å². The van der Waals surface area contributed by atoms with Gasteiger partial charge in [-0.25, -0.2) is 9.37 Å². The maximum Gasteiger partial charge on any atom is 0.263 e. The number of carbonyl (C=O) groups is 1. The highest BCUT2D eigenvalue weighted by atomic mass is 19.1. The number of nitrogens with zero attached hydrogens (tertiary/aromatic N) is 4. The Morgan fingerprint density at radius 1 is 1.15 bits per heavy atom. The van der Waals surface area contributed by atoms with E-state index in [-0.39, 0.29) is 5.56 Å². The molecule has 0 unspecified atom stereocenters. The fraction of sp³-hybridized carbons (Fsp3) is 0.150. The number of amides is 1. The van der Waals surface area contributed by atoms with Gasteiger partial charge in [0.05, 0.1) is 22.9 Å². The molecule has 1 aromatic heterocycles. The first-order chi connectivity index (χ1) is 12.7. The third-order valence-corrected chi connectivity index (χ3v) is 4.41. The zero-order valence-electron chi connectivity index (χ0n) is 13.9. The summed E-state index contributed by atoms with van der Waals surface area (Å²) in [5.74, 6) is -0.433. The van der Waals surface area contributed by atoms with Gasteiger partial charge in [0, 0.05) is 24.8 Å². The molecule has 0 N–H and O–H groups in total. The van der Waals surface area contributed by atoms with Crippen molar-refractivity contribution in [3.8, 4) is 17.3 Å². The molecule has 1 aliphatic heterocycles. The van der Waals surface area contributed by atoms with Crippen molar-refractivity contribution >= 4 is 11.9 Å². The van der Waals surface area contributed by atoms with E-state index in [0.717, 1.165) is 18.5 Å². The summed E-state index contributed by atoms with van der Waals surface area (Å²) < 4.78 is 15.9. The molecule has 0 radical (unpaired) electrons. The molecule has 5 nitrogen and oxygen atoms in total. The normalized spacial score (nSPS) is 13.2. The summed E-state index contributed by atoms with van der Waals surface area (Å²) in [4.78, 5) is 18.9. The van der Waals surface area contributed by atoms with Gasteiger partial charge in [-0.05, 0) is 30.7 Å². The number of benzene rings is 2. The molecule has 6 heteroatoms. The van der Waals surface area contributed by atoms with Gasteiger partial charge in [0.25, 0.3) is 5.91 Å². The molecule has 0 atom stereocenters. The van der Waals surface area contributed by atoms with Crippen LogP contribution in [0.5, 0.6) is 0 Å². The molecular weight excluding hydrogens is 331 g/mol. The minimum atomic E-state index is -0.539. The minimum absolute atomic E-state index is 0.0389. The molecule has 0 spiro atoms. The van der Waals surface area contributed by atoms with E-state index in [2.05, 4.69) is 11.1 Å². The average Bonchev–Trinajstić information content (AvgIpc) is 3.12. The summed E-state index contributed by atoms with van der Waals surface area (Å²) in [7, 11) is 0. The van der Waals surface area contributed by atoms with Crippen LogP contribution < -0.4 is 4.90 Å². The minimum Gasteiger partial charge on any atom is -0.316 e. The van der Waals surface area contributed by atoms with Crippen molar-refractivity contribution in [3.63, 3.8) is 0 Å². The van der Waals surface area contributed by atoms with E-state index in [1.54, 1.807) is 30.3 Å². The van der Waals surface area contributed by atoms with Gasteiger partial charge in [0.2, 0.25) is 5.95 Å². The smallest absolute Gasteiger partial charge is 0.263 e. The Balaban J connectivity index is 1.73. The summed E-state index contributed by atoms with van der Waals surface area (Å²) in [6.07, 6.45) is 2.63. The first-order valence-corrected chi connectivity index (χ1v) is 8.31. The van der Waals surface area contributed by atoms with Crippen LogP contribution in [-0.4, -0.2) is 22.0 Å². The van der Waals surface area contributed by atoms with E-state index >= 15 is 0 Å². The Morgan fingerprint density at radius 2 is 2.00 bits per heavy atom. The molecule has 1 aliphatic rings. The molecule has 1 amide bonds. The number of hydrogen-bond donors (Lipinski definition) is 0. The lowest BCUT2D eigenvalue weighted by Crippen LogP contribution is -2.38. The molecule has 3 aromatic rings. The van der Waals surface area contributed by atoms with E-state index < -0.39 is 11.7 Å². The number of anilines is 1. The van der Waals surface area contributed by atoms with Gasteiger partial charge in [0.15, 0.2) is 0 Å². The van der Waals surface area contributed by atoms with Crippen LogP contribution in [0.4, 0.5) is 10.3 Å². The van der Waals surface area contributed by atoms with Crippen molar-refractivity contribution < 1.29 is 9.18 Å². The molecule has 128 valence electrons. The van der Waals surface area contributed by atoms with Crippen molar-refractivity contribution in [3.05, 3.63) is 71.7 Å². The summed E-state index contributed by atoms with van der Waals surface area (Å²) >= 11 is 0. The lowest BCUT2D eigenvalue weighted by Gasteiger charge is -2.27. The Labute approximate surface area is 149 Å². The average molecular weight is 346 g/mol. The number of halogens is 1. The van der Waals surface area contributed by atoms with Gasteiger partial charge >= 0.3 is 0 Å². The van der Waals surface area contributed by atoms with Crippen molar-refractivity contribution in [2.24, 2.45) is 0 Å². The van der Waals surface area contributed by atoms with Crippen LogP contribution in [0.2, 0.25) is 0 Å². The molecule has 2 aromatic carbocycles. The van der Waals surface area contributed by atoms with E-state index in [1.165, 1.54) is 17.0 Å². The number of hydrogen-bond acceptors (Lipinski definition) is 3. The number of carbonyl (C=O) groups excluding carboxylic acids is 1. The number of fused-ring (bicyclic) bond motifs is 1. The van der Waals surface area contributed by atoms with Crippen LogP contribution in [0.3, 0.4) is 0 Å². The third kappa shape index (κ3) is 2.74. The highest BCUT2D eigenvalue weighted by molar-refractivity contribution is 6.05.